The molecule has 5 nitrogen and oxygen atoms in total. The van der Waals surface area contributed by atoms with Crippen LogP contribution in [0.5, 0.6) is 0 Å². The summed E-state index contributed by atoms with van der Waals surface area (Å²) in [5, 5.41) is 13.5. The Morgan fingerprint density at radius 1 is 1.42 bits per heavy atom. The van der Waals surface area contributed by atoms with Crippen molar-refractivity contribution in [1.29, 1.82) is 0 Å². The van der Waals surface area contributed by atoms with Crippen molar-refractivity contribution in [1.82, 2.24) is 0 Å². The molecule has 1 aliphatic rings. The van der Waals surface area contributed by atoms with E-state index in [1.165, 1.54) is 25.0 Å². The lowest BCUT2D eigenvalue weighted by atomic mass is 10.0. The summed E-state index contributed by atoms with van der Waals surface area (Å²) < 4.78 is 0. The first-order valence-corrected chi connectivity index (χ1v) is 6.68. The van der Waals surface area contributed by atoms with Crippen LogP contribution in [0, 0.1) is 16.0 Å². The molecular weight excluding hydrogens is 268 g/mol. The first-order chi connectivity index (χ1) is 9.06. The average molecular weight is 283 g/mol. The highest BCUT2D eigenvalue weighted by Crippen LogP contribution is 2.29. The molecule has 19 heavy (non-hydrogen) atoms. The minimum Gasteiger partial charge on any atom is -0.326 e. The Kier molecular flexibility index (Phi) is 4.37. The molecule has 1 aromatic rings. The molecule has 1 N–H and O–H groups in total. The number of carbonyl (C=O) groups is 1. The summed E-state index contributed by atoms with van der Waals surface area (Å²) in [5.41, 5.74) is 0.222. The Hall–Kier alpha value is -1.62. The van der Waals surface area contributed by atoms with E-state index in [0.29, 0.717) is 18.0 Å². The van der Waals surface area contributed by atoms with Gasteiger partial charge in [0.05, 0.1) is 4.92 Å². The van der Waals surface area contributed by atoms with Gasteiger partial charge in [0.2, 0.25) is 5.91 Å². The second-order valence-electron chi connectivity index (χ2n) is 4.83. The number of hydrogen-bond acceptors (Lipinski definition) is 3. The van der Waals surface area contributed by atoms with Crippen LogP contribution >= 0.6 is 11.6 Å². The quantitative estimate of drug-likeness (QED) is 0.675. The van der Waals surface area contributed by atoms with E-state index in [4.69, 9.17) is 11.6 Å². The van der Waals surface area contributed by atoms with Gasteiger partial charge in [-0.1, -0.05) is 24.4 Å². The van der Waals surface area contributed by atoms with E-state index in [1.807, 2.05) is 0 Å². The molecule has 0 heterocycles. The van der Waals surface area contributed by atoms with Crippen LogP contribution in [0.2, 0.25) is 5.02 Å². The molecule has 0 spiro atoms. The second kappa shape index (κ2) is 6.02. The van der Waals surface area contributed by atoms with Gasteiger partial charge in [-0.3, -0.25) is 14.9 Å². The topological polar surface area (TPSA) is 72.2 Å². The Morgan fingerprint density at radius 2 is 2.11 bits per heavy atom. The van der Waals surface area contributed by atoms with Crippen LogP contribution < -0.4 is 5.32 Å². The Bertz CT molecular complexity index is 499. The molecule has 2 rings (SSSR count). The lowest BCUT2D eigenvalue weighted by Crippen LogP contribution is -2.15. The van der Waals surface area contributed by atoms with Crippen LogP contribution in [0.15, 0.2) is 18.2 Å². The molecule has 0 bridgehead atoms. The largest absolute Gasteiger partial charge is 0.326 e. The highest BCUT2D eigenvalue weighted by Gasteiger charge is 2.19. The first kappa shape index (κ1) is 13.8. The summed E-state index contributed by atoms with van der Waals surface area (Å²) in [6, 6.07) is 4.28. The Morgan fingerprint density at radius 3 is 2.74 bits per heavy atom. The van der Waals surface area contributed by atoms with Gasteiger partial charge < -0.3 is 5.32 Å². The molecule has 1 aliphatic carbocycles. The molecule has 0 atom stereocenters. The van der Waals surface area contributed by atoms with Gasteiger partial charge in [-0.05, 0) is 30.9 Å². The lowest BCUT2D eigenvalue weighted by Gasteiger charge is -2.09. The summed E-state index contributed by atoms with van der Waals surface area (Å²) in [4.78, 5) is 22.0. The van der Waals surface area contributed by atoms with Crippen molar-refractivity contribution in [3.8, 4) is 0 Å². The monoisotopic (exact) mass is 282 g/mol. The molecule has 102 valence electrons. The van der Waals surface area contributed by atoms with E-state index in [0.717, 1.165) is 12.8 Å². The number of hydrogen-bond donors (Lipinski definition) is 1. The number of benzene rings is 1. The van der Waals surface area contributed by atoms with Crippen molar-refractivity contribution in [3.05, 3.63) is 33.3 Å². The van der Waals surface area contributed by atoms with E-state index in [-0.39, 0.29) is 16.6 Å². The third-order valence-electron chi connectivity index (χ3n) is 3.38. The predicted octanol–water partition coefficient (Wildman–Crippen LogP) is 3.77. The smallest absolute Gasteiger partial charge is 0.289 e. The summed E-state index contributed by atoms with van der Waals surface area (Å²) >= 11 is 5.71. The summed E-state index contributed by atoms with van der Waals surface area (Å²) in [7, 11) is 0. The van der Waals surface area contributed by atoms with E-state index in [2.05, 4.69) is 5.32 Å². The summed E-state index contributed by atoms with van der Waals surface area (Å²) in [6.07, 6.45) is 5.04. The molecule has 1 saturated carbocycles. The van der Waals surface area contributed by atoms with Gasteiger partial charge in [0.15, 0.2) is 0 Å². The van der Waals surface area contributed by atoms with E-state index < -0.39 is 4.92 Å². The van der Waals surface area contributed by atoms with E-state index >= 15 is 0 Å². The molecule has 6 heteroatoms. The van der Waals surface area contributed by atoms with Crippen LogP contribution in [-0.4, -0.2) is 10.8 Å². The number of rotatable bonds is 4. The van der Waals surface area contributed by atoms with E-state index in [9.17, 15) is 14.9 Å². The van der Waals surface area contributed by atoms with Crippen LogP contribution in [0.25, 0.3) is 0 Å². The van der Waals surface area contributed by atoms with Crippen LogP contribution in [0.1, 0.15) is 32.1 Å². The Labute approximate surface area is 116 Å². The molecule has 0 radical (unpaired) electrons. The minimum atomic E-state index is -0.561. The number of nitro groups is 1. The number of halogens is 1. The maximum atomic E-state index is 11.8. The van der Waals surface area contributed by atoms with Crippen molar-refractivity contribution in [3.63, 3.8) is 0 Å². The van der Waals surface area contributed by atoms with Gasteiger partial charge in [-0.2, -0.15) is 0 Å². The van der Waals surface area contributed by atoms with Gasteiger partial charge >= 0.3 is 0 Å². The van der Waals surface area contributed by atoms with Crippen molar-refractivity contribution in [2.75, 3.05) is 5.32 Å². The van der Waals surface area contributed by atoms with Crippen LogP contribution in [-0.2, 0) is 4.79 Å². The maximum absolute atomic E-state index is 11.8. The minimum absolute atomic E-state index is 0.0683. The highest BCUT2D eigenvalue weighted by molar-refractivity contribution is 6.32. The molecule has 0 saturated heterocycles. The van der Waals surface area contributed by atoms with Gasteiger partial charge in [0.1, 0.15) is 5.02 Å². The lowest BCUT2D eigenvalue weighted by molar-refractivity contribution is -0.384. The SMILES string of the molecule is O=C(CC1CCCC1)Nc1ccc(Cl)c([N+](=O)[O-])c1. The van der Waals surface area contributed by atoms with Crippen molar-refractivity contribution in [2.45, 2.75) is 32.1 Å². The summed E-state index contributed by atoms with van der Waals surface area (Å²) in [6.45, 7) is 0. The van der Waals surface area contributed by atoms with Crippen LogP contribution in [0.3, 0.4) is 0 Å². The molecule has 0 unspecified atom stereocenters. The number of nitrogens with one attached hydrogen (secondary N) is 1. The molecule has 1 fully saturated rings. The standard InChI is InChI=1S/C13H15ClN2O3/c14-11-6-5-10(8-12(11)16(18)19)15-13(17)7-9-3-1-2-4-9/h5-6,8-9H,1-4,7H2,(H,15,17). The summed E-state index contributed by atoms with van der Waals surface area (Å²) in [5.74, 6) is 0.353. The first-order valence-electron chi connectivity index (χ1n) is 6.30. The molecule has 0 aliphatic heterocycles. The van der Waals surface area contributed by atoms with Crippen molar-refractivity contribution >= 4 is 28.9 Å². The van der Waals surface area contributed by atoms with Gasteiger partial charge in [0, 0.05) is 18.2 Å². The second-order valence-corrected chi connectivity index (χ2v) is 5.23. The number of anilines is 1. The third-order valence-corrected chi connectivity index (χ3v) is 3.70. The molecule has 0 aromatic heterocycles. The zero-order chi connectivity index (χ0) is 13.8. The normalized spacial score (nSPS) is 15.4. The fourth-order valence-electron chi connectivity index (χ4n) is 2.42. The maximum Gasteiger partial charge on any atom is 0.289 e. The van der Waals surface area contributed by atoms with Gasteiger partial charge in [0.25, 0.3) is 5.69 Å². The number of nitro benzene ring substituents is 1. The zero-order valence-corrected chi connectivity index (χ0v) is 11.2. The Balaban J connectivity index is 2.00. The number of nitrogens with zero attached hydrogens (tertiary/aromatic N) is 1. The van der Waals surface area contributed by atoms with Crippen molar-refractivity contribution < 1.29 is 9.72 Å². The fourth-order valence-corrected chi connectivity index (χ4v) is 2.61. The molecule has 1 amide bonds. The van der Waals surface area contributed by atoms with E-state index in [1.54, 1.807) is 6.07 Å². The van der Waals surface area contributed by atoms with Gasteiger partial charge in [-0.25, -0.2) is 0 Å². The number of amides is 1. The third kappa shape index (κ3) is 3.67. The fraction of sp³-hybridized carbons (Fsp3) is 0.462. The molecular formula is C13H15ClN2O3. The predicted molar refractivity (Wildman–Crippen MR) is 73.3 cm³/mol. The zero-order valence-electron chi connectivity index (χ0n) is 10.4. The van der Waals surface area contributed by atoms with Crippen LogP contribution in [0.4, 0.5) is 11.4 Å². The van der Waals surface area contributed by atoms with Crippen molar-refractivity contribution in [2.24, 2.45) is 5.92 Å². The average Bonchev–Trinajstić information content (AvgIpc) is 2.84. The number of carbonyl (C=O) groups excluding carboxylic acids is 1. The highest BCUT2D eigenvalue weighted by atomic mass is 35.5. The van der Waals surface area contributed by atoms with Gasteiger partial charge in [-0.15, -0.1) is 0 Å². The molecule has 1 aromatic carbocycles.